The van der Waals surface area contributed by atoms with Gasteiger partial charge in [0.1, 0.15) is 0 Å². The lowest BCUT2D eigenvalue weighted by Crippen LogP contribution is -2.11. The van der Waals surface area contributed by atoms with Gasteiger partial charge in [0.2, 0.25) is 0 Å². The lowest BCUT2D eigenvalue weighted by Gasteiger charge is -2.02. The Morgan fingerprint density at radius 2 is 2.33 bits per heavy atom. The van der Waals surface area contributed by atoms with E-state index < -0.39 is 0 Å². The van der Waals surface area contributed by atoms with Crippen LogP contribution < -0.4 is 5.32 Å². The van der Waals surface area contributed by atoms with Crippen molar-refractivity contribution in [1.29, 1.82) is 0 Å². The van der Waals surface area contributed by atoms with Crippen LogP contribution in [-0.2, 0) is 0 Å². The van der Waals surface area contributed by atoms with E-state index in [1.165, 1.54) is 6.20 Å². The summed E-state index contributed by atoms with van der Waals surface area (Å²) in [5, 5.41) is 2.75. The first-order chi connectivity index (χ1) is 7.25. The first-order valence-electron chi connectivity index (χ1n) is 4.41. The van der Waals surface area contributed by atoms with E-state index in [2.05, 4.69) is 14.1 Å². The summed E-state index contributed by atoms with van der Waals surface area (Å²) in [7, 11) is 0. The van der Waals surface area contributed by atoms with Crippen LogP contribution in [0.5, 0.6) is 0 Å². The van der Waals surface area contributed by atoms with Gasteiger partial charge >= 0.3 is 0 Å². The monoisotopic (exact) mass is 219 g/mol. The summed E-state index contributed by atoms with van der Waals surface area (Å²) in [6.45, 7) is 1.97. The fourth-order valence-electron chi connectivity index (χ4n) is 1.18. The Balaban J connectivity index is 2.13. The van der Waals surface area contributed by atoms with Gasteiger partial charge in [-0.3, -0.25) is 4.79 Å². The standard InChI is InChI=1S/C10H9N3OS/c1-7-3-2-4-8(5-7)12-10(14)9-6-11-15-13-9/h2-6H,1H3,(H,12,14). The number of anilines is 1. The van der Waals surface area contributed by atoms with Crippen molar-refractivity contribution in [1.82, 2.24) is 8.75 Å². The number of amides is 1. The second-order valence-electron chi connectivity index (χ2n) is 3.12. The molecule has 1 aromatic carbocycles. The molecule has 0 fully saturated rings. The van der Waals surface area contributed by atoms with Crippen molar-refractivity contribution in [3.63, 3.8) is 0 Å². The Morgan fingerprint density at radius 1 is 1.47 bits per heavy atom. The summed E-state index contributed by atoms with van der Waals surface area (Å²) < 4.78 is 7.63. The number of benzene rings is 1. The van der Waals surface area contributed by atoms with Gasteiger partial charge in [-0.05, 0) is 24.6 Å². The van der Waals surface area contributed by atoms with Crippen LogP contribution in [0.3, 0.4) is 0 Å². The van der Waals surface area contributed by atoms with Gasteiger partial charge in [-0.25, -0.2) is 0 Å². The van der Waals surface area contributed by atoms with Crippen LogP contribution in [0, 0.1) is 6.92 Å². The second-order valence-corrected chi connectivity index (χ2v) is 3.67. The molecule has 0 saturated heterocycles. The summed E-state index contributed by atoms with van der Waals surface area (Å²) in [6, 6.07) is 7.60. The van der Waals surface area contributed by atoms with Gasteiger partial charge in [-0.1, -0.05) is 12.1 Å². The summed E-state index contributed by atoms with van der Waals surface area (Å²) in [6.07, 6.45) is 1.45. The molecule has 76 valence electrons. The van der Waals surface area contributed by atoms with E-state index in [0.717, 1.165) is 23.0 Å². The van der Waals surface area contributed by atoms with E-state index in [1.807, 2.05) is 31.2 Å². The lowest BCUT2D eigenvalue weighted by molar-refractivity contribution is 0.102. The summed E-state index contributed by atoms with van der Waals surface area (Å²) >= 11 is 1.02. The van der Waals surface area contributed by atoms with Crippen molar-refractivity contribution in [2.45, 2.75) is 6.92 Å². The molecule has 4 nitrogen and oxygen atoms in total. The van der Waals surface area contributed by atoms with Gasteiger partial charge in [0.15, 0.2) is 5.69 Å². The zero-order valence-electron chi connectivity index (χ0n) is 8.10. The van der Waals surface area contributed by atoms with Crippen molar-refractivity contribution >= 4 is 23.3 Å². The predicted molar refractivity (Wildman–Crippen MR) is 59.0 cm³/mol. The van der Waals surface area contributed by atoms with Crippen LogP contribution >= 0.6 is 11.7 Å². The van der Waals surface area contributed by atoms with Crippen molar-refractivity contribution < 1.29 is 4.79 Å². The Morgan fingerprint density at radius 3 is 3.00 bits per heavy atom. The van der Waals surface area contributed by atoms with Gasteiger partial charge in [-0.15, -0.1) is 0 Å². The van der Waals surface area contributed by atoms with Crippen molar-refractivity contribution in [3.05, 3.63) is 41.7 Å². The first-order valence-corrected chi connectivity index (χ1v) is 5.14. The molecule has 0 saturated carbocycles. The van der Waals surface area contributed by atoms with Crippen LogP contribution in [0.2, 0.25) is 0 Å². The molecule has 0 aliphatic rings. The smallest absolute Gasteiger partial charge is 0.277 e. The van der Waals surface area contributed by atoms with Crippen molar-refractivity contribution in [3.8, 4) is 0 Å². The Hall–Kier alpha value is -1.75. The minimum Gasteiger partial charge on any atom is -0.321 e. The minimum atomic E-state index is -0.227. The number of rotatable bonds is 2. The zero-order chi connectivity index (χ0) is 10.7. The van der Waals surface area contributed by atoms with Gasteiger partial charge in [-0.2, -0.15) is 8.75 Å². The highest BCUT2D eigenvalue weighted by molar-refractivity contribution is 6.99. The van der Waals surface area contributed by atoms with Crippen LogP contribution in [-0.4, -0.2) is 14.7 Å². The molecule has 0 spiro atoms. The molecule has 1 amide bonds. The van der Waals surface area contributed by atoms with E-state index in [9.17, 15) is 4.79 Å². The maximum Gasteiger partial charge on any atom is 0.277 e. The molecule has 0 atom stereocenters. The van der Waals surface area contributed by atoms with Crippen LogP contribution in [0.15, 0.2) is 30.5 Å². The molecular formula is C10H9N3OS. The quantitative estimate of drug-likeness (QED) is 0.841. The van der Waals surface area contributed by atoms with E-state index in [0.29, 0.717) is 5.69 Å². The van der Waals surface area contributed by atoms with E-state index in [-0.39, 0.29) is 5.91 Å². The van der Waals surface area contributed by atoms with E-state index in [1.54, 1.807) is 0 Å². The fraction of sp³-hybridized carbons (Fsp3) is 0.100. The molecular weight excluding hydrogens is 210 g/mol. The average Bonchev–Trinajstić information content (AvgIpc) is 2.70. The first kappa shape index (κ1) is 9.79. The van der Waals surface area contributed by atoms with E-state index in [4.69, 9.17) is 0 Å². The van der Waals surface area contributed by atoms with Gasteiger partial charge in [0, 0.05) is 5.69 Å². The molecule has 5 heteroatoms. The normalized spacial score (nSPS) is 9.93. The SMILES string of the molecule is Cc1cccc(NC(=O)c2cnsn2)c1. The Labute approximate surface area is 91.3 Å². The molecule has 0 bridgehead atoms. The molecule has 0 radical (unpaired) electrons. The third-order valence-corrected chi connectivity index (χ3v) is 2.35. The molecule has 2 aromatic rings. The molecule has 0 unspecified atom stereocenters. The Kier molecular flexibility index (Phi) is 2.73. The second kappa shape index (κ2) is 4.18. The maximum absolute atomic E-state index is 11.6. The summed E-state index contributed by atoms with van der Waals surface area (Å²) in [5.74, 6) is -0.227. The number of carbonyl (C=O) groups is 1. The van der Waals surface area contributed by atoms with Crippen LogP contribution in [0.1, 0.15) is 16.1 Å². The van der Waals surface area contributed by atoms with Crippen molar-refractivity contribution in [2.24, 2.45) is 0 Å². The topological polar surface area (TPSA) is 54.9 Å². The molecule has 15 heavy (non-hydrogen) atoms. The number of nitrogens with zero attached hydrogens (tertiary/aromatic N) is 2. The molecule has 2 rings (SSSR count). The third-order valence-electron chi connectivity index (χ3n) is 1.87. The number of hydrogen-bond donors (Lipinski definition) is 1. The third kappa shape index (κ3) is 2.38. The van der Waals surface area contributed by atoms with E-state index >= 15 is 0 Å². The molecule has 0 aliphatic carbocycles. The highest BCUT2D eigenvalue weighted by Crippen LogP contribution is 2.10. The number of hydrogen-bond acceptors (Lipinski definition) is 4. The van der Waals surface area contributed by atoms with Gasteiger partial charge in [0.05, 0.1) is 17.9 Å². The number of aryl methyl sites for hydroxylation is 1. The molecule has 1 N–H and O–H groups in total. The van der Waals surface area contributed by atoms with Crippen LogP contribution in [0.25, 0.3) is 0 Å². The fourth-order valence-corrected chi connectivity index (χ4v) is 1.59. The summed E-state index contributed by atoms with van der Waals surface area (Å²) in [5.41, 5.74) is 2.22. The van der Waals surface area contributed by atoms with Gasteiger partial charge in [0.25, 0.3) is 5.91 Å². The Bertz CT molecular complexity index is 467. The van der Waals surface area contributed by atoms with Crippen molar-refractivity contribution in [2.75, 3.05) is 5.32 Å². The van der Waals surface area contributed by atoms with Crippen LogP contribution in [0.4, 0.5) is 5.69 Å². The average molecular weight is 219 g/mol. The number of nitrogens with one attached hydrogen (secondary N) is 1. The lowest BCUT2D eigenvalue weighted by atomic mass is 10.2. The zero-order valence-corrected chi connectivity index (χ0v) is 8.91. The predicted octanol–water partition coefficient (Wildman–Crippen LogP) is 2.10. The highest BCUT2D eigenvalue weighted by Gasteiger charge is 2.08. The minimum absolute atomic E-state index is 0.227. The molecule has 1 heterocycles. The summed E-state index contributed by atoms with van der Waals surface area (Å²) in [4.78, 5) is 11.6. The number of carbonyl (C=O) groups excluding carboxylic acids is 1. The molecule has 0 aliphatic heterocycles. The highest BCUT2D eigenvalue weighted by atomic mass is 32.1. The maximum atomic E-state index is 11.6. The number of aromatic nitrogens is 2. The molecule has 1 aromatic heterocycles. The largest absolute Gasteiger partial charge is 0.321 e. The van der Waals surface area contributed by atoms with Gasteiger partial charge < -0.3 is 5.32 Å².